The number of aromatic nitrogens is 4. The largest absolute Gasteiger partial charge is 0.383 e. The van der Waals surface area contributed by atoms with Crippen molar-refractivity contribution in [1.82, 2.24) is 19.5 Å². The molecule has 3 aromatic heterocycles. The van der Waals surface area contributed by atoms with Crippen LogP contribution in [0.3, 0.4) is 0 Å². The van der Waals surface area contributed by atoms with Crippen molar-refractivity contribution in [2.24, 2.45) is 5.41 Å². The molecule has 7 rings (SSSR count). The lowest BCUT2D eigenvalue weighted by Gasteiger charge is -2.32. The van der Waals surface area contributed by atoms with Gasteiger partial charge in [0, 0.05) is 17.6 Å². The number of hydrogen-bond acceptors (Lipinski definition) is 7. The van der Waals surface area contributed by atoms with E-state index in [0.29, 0.717) is 11.9 Å². The summed E-state index contributed by atoms with van der Waals surface area (Å²) in [6, 6.07) is 13.7. The van der Waals surface area contributed by atoms with Crippen LogP contribution in [0.4, 0.5) is 11.6 Å². The van der Waals surface area contributed by atoms with Crippen molar-refractivity contribution in [2.75, 3.05) is 11.1 Å². The Morgan fingerprint density at radius 2 is 1.92 bits per heavy atom. The first-order chi connectivity index (χ1) is 18.3. The fourth-order valence-corrected chi connectivity index (χ4v) is 6.67. The zero-order valence-corrected chi connectivity index (χ0v) is 22.4. The van der Waals surface area contributed by atoms with Crippen molar-refractivity contribution in [3.8, 4) is 0 Å². The Kier molecular flexibility index (Phi) is 5.43. The molecule has 198 valence electrons. The molecule has 3 fully saturated rings. The molecular formula is C30H36N6O2. The van der Waals surface area contributed by atoms with E-state index in [9.17, 15) is 0 Å². The number of nitrogen functional groups attached to an aromatic ring is 1. The van der Waals surface area contributed by atoms with E-state index in [-0.39, 0.29) is 23.7 Å². The van der Waals surface area contributed by atoms with Crippen LogP contribution in [0.25, 0.3) is 21.9 Å². The number of rotatable bonds is 6. The van der Waals surface area contributed by atoms with E-state index >= 15 is 0 Å². The van der Waals surface area contributed by atoms with E-state index in [1.54, 1.807) is 0 Å². The van der Waals surface area contributed by atoms with Crippen LogP contribution in [-0.4, -0.2) is 43.6 Å². The second-order valence-electron chi connectivity index (χ2n) is 12.2. The summed E-state index contributed by atoms with van der Waals surface area (Å²) >= 11 is 0. The van der Waals surface area contributed by atoms with Crippen LogP contribution in [0.1, 0.15) is 64.5 Å². The Hall–Kier alpha value is -3.23. The zero-order chi connectivity index (χ0) is 26.1. The highest BCUT2D eigenvalue weighted by Crippen LogP contribution is 2.55. The van der Waals surface area contributed by atoms with E-state index in [1.165, 1.54) is 36.5 Å². The van der Waals surface area contributed by atoms with Crippen LogP contribution in [0, 0.1) is 5.41 Å². The van der Waals surface area contributed by atoms with Gasteiger partial charge in [0.05, 0.1) is 23.0 Å². The number of anilines is 2. The van der Waals surface area contributed by atoms with Gasteiger partial charge >= 0.3 is 0 Å². The van der Waals surface area contributed by atoms with Gasteiger partial charge in [-0.05, 0) is 87.6 Å². The number of nitrogens with one attached hydrogen (secondary N) is 1. The molecule has 8 nitrogen and oxygen atoms in total. The lowest BCUT2D eigenvalue weighted by atomic mass is 9.80. The van der Waals surface area contributed by atoms with Crippen LogP contribution >= 0.6 is 0 Å². The fraction of sp³-hybridized carbons (Fsp3) is 0.500. The molecule has 8 heteroatoms. The summed E-state index contributed by atoms with van der Waals surface area (Å²) < 4.78 is 15.3. The SMILES string of the molecule is CC1(C)O[C@H]2[C@H](n3ccc4c(N)ncnc43)C[C@](C)(CCc3ccc4ccc(NC5CCC5)nc4c3)[C@H]2O1. The van der Waals surface area contributed by atoms with Gasteiger partial charge in [0.15, 0.2) is 5.79 Å². The third-order valence-corrected chi connectivity index (χ3v) is 8.97. The minimum Gasteiger partial charge on any atom is -0.383 e. The summed E-state index contributed by atoms with van der Waals surface area (Å²) in [7, 11) is 0. The molecule has 1 aliphatic heterocycles. The third-order valence-electron chi connectivity index (χ3n) is 8.97. The molecular weight excluding hydrogens is 476 g/mol. The Labute approximate surface area is 223 Å². The van der Waals surface area contributed by atoms with Gasteiger partial charge in [-0.15, -0.1) is 0 Å². The molecule has 4 atom stereocenters. The Morgan fingerprint density at radius 3 is 2.74 bits per heavy atom. The zero-order valence-electron chi connectivity index (χ0n) is 22.4. The molecule has 1 aromatic carbocycles. The monoisotopic (exact) mass is 512 g/mol. The topological polar surface area (TPSA) is 100 Å². The van der Waals surface area contributed by atoms with Crippen LogP contribution < -0.4 is 11.1 Å². The van der Waals surface area contributed by atoms with Gasteiger partial charge in [-0.3, -0.25) is 0 Å². The van der Waals surface area contributed by atoms with Crippen molar-refractivity contribution in [2.45, 2.75) is 89.4 Å². The highest BCUT2D eigenvalue weighted by atomic mass is 16.8. The predicted molar refractivity (Wildman–Crippen MR) is 149 cm³/mol. The number of fused-ring (bicyclic) bond motifs is 3. The minimum absolute atomic E-state index is 0.00371. The molecule has 3 N–H and O–H groups in total. The Morgan fingerprint density at radius 1 is 1.08 bits per heavy atom. The molecule has 0 radical (unpaired) electrons. The molecule has 2 aliphatic carbocycles. The number of ether oxygens (including phenoxy) is 2. The molecule has 0 unspecified atom stereocenters. The molecule has 0 spiro atoms. The number of benzene rings is 1. The summed E-state index contributed by atoms with van der Waals surface area (Å²) in [5.74, 6) is 0.865. The maximum atomic E-state index is 6.57. The maximum Gasteiger partial charge on any atom is 0.163 e. The third kappa shape index (κ3) is 4.01. The van der Waals surface area contributed by atoms with Gasteiger partial charge in [-0.2, -0.15) is 0 Å². The number of pyridine rings is 1. The molecule has 2 saturated carbocycles. The quantitative estimate of drug-likeness (QED) is 0.345. The van der Waals surface area contributed by atoms with E-state index in [0.717, 1.165) is 41.6 Å². The van der Waals surface area contributed by atoms with Crippen molar-refractivity contribution in [3.05, 3.63) is 54.5 Å². The lowest BCUT2D eigenvalue weighted by Crippen LogP contribution is -2.34. The van der Waals surface area contributed by atoms with E-state index in [4.69, 9.17) is 20.2 Å². The van der Waals surface area contributed by atoms with Crippen molar-refractivity contribution in [1.29, 1.82) is 0 Å². The first-order valence-electron chi connectivity index (χ1n) is 13.9. The molecule has 0 bridgehead atoms. The maximum absolute atomic E-state index is 6.57. The number of hydrogen-bond donors (Lipinski definition) is 2. The van der Waals surface area contributed by atoms with Gasteiger partial charge in [-0.25, -0.2) is 15.0 Å². The first-order valence-corrected chi connectivity index (χ1v) is 13.9. The normalized spacial score (nSPS) is 28.6. The Balaban J connectivity index is 1.15. The van der Waals surface area contributed by atoms with E-state index in [1.807, 2.05) is 19.9 Å². The van der Waals surface area contributed by atoms with Gasteiger partial charge < -0.3 is 25.1 Å². The average molecular weight is 513 g/mol. The van der Waals surface area contributed by atoms with Crippen molar-refractivity contribution < 1.29 is 9.47 Å². The first kappa shape index (κ1) is 23.9. The summed E-state index contributed by atoms with van der Waals surface area (Å²) in [5.41, 5.74) is 9.28. The van der Waals surface area contributed by atoms with Crippen molar-refractivity contribution in [3.63, 3.8) is 0 Å². The Bertz CT molecular complexity index is 1510. The molecule has 3 aliphatic rings. The van der Waals surface area contributed by atoms with Crippen LogP contribution in [0.2, 0.25) is 0 Å². The van der Waals surface area contributed by atoms with Gasteiger partial charge in [0.25, 0.3) is 0 Å². The number of aryl methyl sites for hydroxylation is 1. The minimum atomic E-state index is -0.622. The van der Waals surface area contributed by atoms with E-state index in [2.05, 4.69) is 63.3 Å². The van der Waals surface area contributed by atoms with E-state index < -0.39 is 5.79 Å². The summed E-state index contributed by atoms with van der Waals surface area (Å²) in [6.07, 6.45) is 10.2. The molecule has 1 saturated heterocycles. The highest BCUT2D eigenvalue weighted by molar-refractivity contribution is 5.86. The van der Waals surface area contributed by atoms with Crippen LogP contribution in [-0.2, 0) is 15.9 Å². The van der Waals surface area contributed by atoms with Crippen LogP contribution in [0.15, 0.2) is 48.9 Å². The second-order valence-corrected chi connectivity index (χ2v) is 12.2. The van der Waals surface area contributed by atoms with Crippen LogP contribution in [0.5, 0.6) is 0 Å². The lowest BCUT2D eigenvalue weighted by molar-refractivity contribution is -0.168. The number of nitrogens with two attached hydrogens (primary N) is 1. The molecule has 38 heavy (non-hydrogen) atoms. The molecule has 4 aromatic rings. The van der Waals surface area contributed by atoms with Gasteiger partial charge in [0.1, 0.15) is 29.7 Å². The molecule has 0 amide bonds. The highest BCUT2D eigenvalue weighted by Gasteiger charge is 2.59. The second kappa shape index (κ2) is 8.64. The standard InChI is InChI=1S/C30H36N6O2/c1-29(2)37-25-23(36-14-12-21-27(31)32-17-33-28(21)36)16-30(3,26(25)38-29)13-11-18-7-8-19-9-10-24(35-22(19)15-18)34-20-5-4-6-20/h7-10,12,14-15,17,20,23,25-26H,4-6,11,13,16H2,1-3H3,(H,34,35)(H2,31,32,33)/t23-,25+,26+,30+/m1/s1. The summed E-state index contributed by atoms with van der Waals surface area (Å²) in [6.45, 7) is 6.38. The smallest absolute Gasteiger partial charge is 0.163 e. The summed E-state index contributed by atoms with van der Waals surface area (Å²) in [4.78, 5) is 13.7. The van der Waals surface area contributed by atoms with Gasteiger partial charge in [0.2, 0.25) is 0 Å². The predicted octanol–water partition coefficient (Wildman–Crippen LogP) is 5.63. The average Bonchev–Trinajstić information content (AvgIpc) is 3.51. The van der Waals surface area contributed by atoms with Crippen molar-refractivity contribution >= 4 is 33.6 Å². The van der Waals surface area contributed by atoms with Gasteiger partial charge in [-0.1, -0.05) is 19.1 Å². The summed E-state index contributed by atoms with van der Waals surface area (Å²) in [5, 5.41) is 5.64. The number of nitrogens with zero attached hydrogens (tertiary/aromatic N) is 4. The fourth-order valence-electron chi connectivity index (χ4n) is 6.67. The molecule has 4 heterocycles.